The molecule has 1 aliphatic carbocycles. The number of nitrogens with zero attached hydrogens (tertiary/aromatic N) is 1. The summed E-state index contributed by atoms with van der Waals surface area (Å²) < 4.78 is 42.1. The topological polar surface area (TPSA) is 54.0 Å². The van der Waals surface area contributed by atoms with Crippen LogP contribution in [0.15, 0.2) is 18.3 Å². The van der Waals surface area contributed by atoms with E-state index in [0.717, 1.165) is 0 Å². The molecule has 21 heavy (non-hydrogen) atoms. The summed E-state index contributed by atoms with van der Waals surface area (Å²) >= 11 is 0. The molecule has 0 amide bonds. The lowest BCUT2D eigenvalue weighted by molar-refractivity contribution is 0.164. The Bertz CT molecular complexity index is 671. The maximum absolute atomic E-state index is 12.8. The first-order chi connectivity index (χ1) is 11.1. The van der Waals surface area contributed by atoms with Gasteiger partial charge in [0.25, 0.3) is 0 Å². The van der Waals surface area contributed by atoms with Gasteiger partial charge in [-0.1, -0.05) is 6.07 Å². The molecule has 0 unspecified atom stereocenters. The minimum atomic E-state index is -1.75. The first-order valence-corrected chi connectivity index (χ1v) is 8.58. The van der Waals surface area contributed by atoms with Gasteiger partial charge in [-0.3, -0.25) is 4.98 Å². The standard InChI is InChI=1S/C16H25N3OS/c1-15(2,3)21(20)19-14-12-5-4-8-18-13(12)11-16(14)6-9-17-10-7-16/h4-5,8,14,17,19H,6-7,9-11H2,1-3H3/t14-,21-/m1/s1/i11D2,14D. The second-order valence-electron chi connectivity index (χ2n) is 6.71. The number of pyridine rings is 1. The van der Waals surface area contributed by atoms with E-state index >= 15 is 0 Å². The molecule has 2 atom stereocenters. The molecule has 1 fully saturated rings. The van der Waals surface area contributed by atoms with Gasteiger partial charge >= 0.3 is 0 Å². The van der Waals surface area contributed by atoms with Crippen LogP contribution < -0.4 is 10.0 Å². The molecule has 0 saturated carbocycles. The second-order valence-corrected chi connectivity index (χ2v) is 8.68. The van der Waals surface area contributed by atoms with Crippen molar-refractivity contribution < 1.29 is 8.32 Å². The molecule has 0 bridgehead atoms. The van der Waals surface area contributed by atoms with Crippen molar-refractivity contribution in [3.05, 3.63) is 29.6 Å². The number of fused-ring (bicyclic) bond motifs is 1. The summed E-state index contributed by atoms with van der Waals surface area (Å²) in [6.07, 6.45) is 0.808. The smallest absolute Gasteiger partial charge is 0.0976 e. The molecule has 116 valence electrons. The van der Waals surface area contributed by atoms with E-state index in [1.807, 2.05) is 20.8 Å². The quantitative estimate of drug-likeness (QED) is 0.879. The Morgan fingerprint density at radius 2 is 2.24 bits per heavy atom. The lowest BCUT2D eigenvalue weighted by Gasteiger charge is -2.40. The predicted octanol–water partition coefficient (Wildman–Crippen LogP) is 2.10. The SMILES string of the molecule is [2H]C1([2H])c2ncccc2[C@@]([2H])(N[S@](=O)C(C)(C)C)C12CCNCC2. The summed E-state index contributed by atoms with van der Waals surface area (Å²) in [5.41, 5.74) is -0.183. The van der Waals surface area contributed by atoms with Gasteiger partial charge in [0.05, 0.1) is 23.1 Å². The highest BCUT2D eigenvalue weighted by molar-refractivity contribution is 7.84. The van der Waals surface area contributed by atoms with E-state index < -0.39 is 33.5 Å². The summed E-state index contributed by atoms with van der Waals surface area (Å²) in [6, 6.07) is 2.00. The minimum Gasteiger partial charge on any atom is -0.317 e. The molecular formula is C16H25N3OS. The minimum absolute atomic E-state index is 0.306. The van der Waals surface area contributed by atoms with Gasteiger partial charge in [0.15, 0.2) is 0 Å². The normalized spacial score (nSPS) is 33.8. The molecule has 1 saturated heterocycles. The van der Waals surface area contributed by atoms with Gasteiger partial charge in [-0.05, 0) is 70.1 Å². The number of piperidine rings is 1. The van der Waals surface area contributed by atoms with Crippen LogP contribution in [-0.2, 0) is 17.4 Å². The van der Waals surface area contributed by atoms with Crippen LogP contribution in [0, 0.1) is 5.41 Å². The van der Waals surface area contributed by atoms with Crippen LogP contribution in [0.4, 0.5) is 0 Å². The monoisotopic (exact) mass is 310 g/mol. The van der Waals surface area contributed by atoms with Crippen molar-refractivity contribution in [3.8, 4) is 0 Å². The second kappa shape index (κ2) is 5.45. The highest BCUT2D eigenvalue weighted by Crippen LogP contribution is 2.50. The Morgan fingerprint density at radius 3 is 2.90 bits per heavy atom. The summed E-state index contributed by atoms with van der Waals surface area (Å²) in [6.45, 7) is 6.82. The summed E-state index contributed by atoms with van der Waals surface area (Å²) in [5, 5.41) is 3.25. The molecule has 2 N–H and O–H groups in total. The molecule has 0 radical (unpaired) electrons. The van der Waals surface area contributed by atoms with Gasteiger partial charge in [0.1, 0.15) is 0 Å². The molecule has 2 aliphatic rings. The molecule has 2 heterocycles. The molecule has 4 nitrogen and oxygen atoms in total. The van der Waals surface area contributed by atoms with Gasteiger partial charge in [-0.15, -0.1) is 0 Å². The molecule has 1 aliphatic heterocycles. The number of nitrogens with one attached hydrogen (secondary N) is 2. The molecule has 1 aromatic heterocycles. The lowest BCUT2D eigenvalue weighted by Crippen LogP contribution is -2.46. The molecule has 5 heteroatoms. The van der Waals surface area contributed by atoms with Crippen LogP contribution in [-0.4, -0.2) is 27.0 Å². The molecule has 0 aromatic carbocycles. The largest absolute Gasteiger partial charge is 0.317 e. The van der Waals surface area contributed by atoms with Gasteiger partial charge < -0.3 is 5.32 Å². The van der Waals surface area contributed by atoms with Gasteiger partial charge in [-0.25, -0.2) is 8.93 Å². The van der Waals surface area contributed by atoms with Crippen molar-refractivity contribution in [1.29, 1.82) is 0 Å². The highest BCUT2D eigenvalue weighted by atomic mass is 32.2. The zero-order chi connectivity index (χ0) is 17.8. The van der Waals surface area contributed by atoms with Crippen LogP contribution in [0.5, 0.6) is 0 Å². The third-order valence-electron chi connectivity index (χ3n) is 4.12. The van der Waals surface area contributed by atoms with Gasteiger partial charge in [-0.2, -0.15) is 0 Å². The van der Waals surface area contributed by atoms with Crippen molar-refractivity contribution in [2.24, 2.45) is 5.41 Å². The van der Waals surface area contributed by atoms with E-state index in [0.29, 0.717) is 37.2 Å². The highest BCUT2D eigenvalue weighted by Gasteiger charge is 2.48. The summed E-state index contributed by atoms with van der Waals surface area (Å²) in [5.74, 6) is 0. The van der Waals surface area contributed by atoms with Crippen LogP contribution in [0.1, 0.15) is 55.0 Å². The van der Waals surface area contributed by atoms with E-state index in [4.69, 9.17) is 2.74 Å². The summed E-state index contributed by atoms with van der Waals surface area (Å²) in [7, 11) is -1.49. The summed E-state index contributed by atoms with van der Waals surface area (Å²) in [4.78, 5) is 4.27. The average Bonchev–Trinajstić information content (AvgIpc) is 2.66. The zero-order valence-corrected chi connectivity index (χ0v) is 13.6. The number of rotatable bonds is 2. The number of hydrogen-bond donors (Lipinski definition) is 2. The van der Waals surface area contributed by atoms with E-state index in [1.165, 1.54) is 0 Å². The maximum atomic E-state index is 12.8. The van der Waals surface area contributed by atoms with Crippen molar-refractivity contribution in [2.75, 3.05) is 13.1 Å². The molecule has 1 spiro atoms. The Kier molecular flexibility index (Phi) is 3.05. The van der Waals surface area contributed by atoms with Gasteiger partial charge in [0.2, 0.25) is 0 Å². The van der Waals surface area contributed by atoms with Crippen LogP contribution in [0.2, 0.25) is 0 Å². The molecule has 1 aromatic rings. The van der Waals surface area contributed by atoms with Gasteiger partial charge in [0, 0.05) is 14.6 Å². The van der Waals surface area contributed by atoms with E-state index in [9.17, 15) is 5.58 Å². The number of aromatic nitrogens is 1. The van der Waals surface area contributed by atoms with Crippen molar-refractivity contribution in [3.63, 3.8) is 0 Å². The van der Waals surface area contributed by atoms with Crippen molar-refractivity contribution in [2.45, 2.75) is 50.8 Å². The Hall–Kier alpha value is -0.780. The predicted molar refractivity (Wildman–Crippen MR) is 86.2 cm³/mol. The number of hydrogen-bond acceptors (Lipinski definition) is 3. The first-order valence-electron chi connectivity index (χ1n) is 8.93. The fourth-order valence-corrected chi connectivity index (χ4v) is 3.68. The Balaban J connectivity index is 2.18. The molecule has 3 rings (SSSR count). The van der Waals surface area contributed by atoms with E-state index in [2.05, 4.69) is 15.0 Å². The Morgan fingerprint density at radius 1 is 1.52 bits per heavy atom. The third-order valence-corrected chi connectivity index (χ3v) is 5.62. The average molecular weight is 310 g/mol. The fraction of sp³-hybridized carbons (Fsp3) is 0.688. The molecular weight excluding hydrogens is 282 g/mol. The zero-order valence-electron chi connectivity index (χ0n) is 15.8. The van der Waals surface area contributed by atoms with Crippen LogP contribution in [0.3, 0.4) is 0 Å². The van der Waals surface area contributed by atoms with Crippen molar-refractivity contribution in [1.82, 2.24) is 15.0 Å². The fourth-order valence-electron chi connectivity index (χ4n) is 2.88. The lowest BCUT2D eigenvalue weighted by atomic mass is 9.74. The van der Waals surface area contributed by atoms with E-state index in [1.54, 1.807) is 18.3 Å². The van der Waals surface area contributed by atoms with Crippen LogP contribution in [0.25, 0.3) is 0 Å². The first kappa shape index (κ1) is 11.7. The van der Waals surface area contributed by atoms with Crippen LogP contribution >= 0.6 is 0 Å². The van der Waals surface area contributed by atoms with Crippen molar-refractivity contribution >= 4 is 11.0 Å². The van der Waals surface area contributed by atoms with E-state index in [-0.39, 0.29) is 0 Å². The Labute approximate surface area is 133 Å². The third kappa shape index (κ3) is 2.79. The maximum Gasteiger partial charge on any atom is 0.0976 e.